The molecule has 0 saturated heterocycles. The lowest BCUT2D eigenvalue weighted by molar-refractivity contribution is -0.833. The van der Waals surface area contributed by atoms with Crippen LogP contribution in [0.2, 0.25) is 0 Å². The van der Waals surface area contributed by atoms with Crippen LogP contribution in [0.15, 0.2) is 65.2 Å². The molecule has 5 N–H and O–H groups in total. The summed E-state index contributed by atoms with van der Waals surface area (Å²) in [6.45, 7) is 3.92. The minimum absolute atomic E-state index is 0.110. The number of quaternary nitrogens is 1. The monoisotopic (exact) mass is 353 g/mol. The van der Waals surface area contributed by atoms with Crippen molar-refractivity contribution in [3.63, 3.8) is 0 Å². The van der Waals surface area contributed by atoms with Gasteiger partial charge in [0.05, 0.1) is 5.56 Å². The van der Waals surface area contributed by atoms with E-state index >= 15 is 0 Å². The Balaban J connectivity index is 1.76. The standard InChI is InChI=1S/C18H18N5O3/c1-11-3-7-13(8-4-11)18(24)25-23-17(15-16(19)22-26-21-15)20-14-9-5-12(2)6-10-14/h3-10,21H,1-2H3,(H3-,19,20,22,23)/q-1/p+1. The van der Waals surface area contributed by atoms with E-state index in [1.54, 1.807) is 12.1 Å². The number of rotatable bonds is 5. The van der Waals surface area contributed by atoms with E-state index in [0.29, 0.717) is 16.9 Å². The highest BCUT2D eigenvalue weighted by Gasteiger charge is 2.18. The van der Waals surface area contributed by atoms with E-state index < -0.39 is 5.97 Å². The van der Waals surface area contributed by atoms with E-state index in [2.05, 4.69) is 16.0 Å². The van der Waals surface area contributed by atoms with Gasteiger partial charge in [-0.2, -0.15) is 5.48 Å². The van der Waals surface area contributed by atoms with Crippen LogP contribution in [-0.2, 0) is 9.78 Å². The van der Waals surface area contributed by atoms with Gasteiger partial charge in [-0.05, 0) is 31.1 Å². The molecule has 3 rings (SSSR count). The maximum absolute atomic E-state index is 12.2. The number of nitrogens with two attached hydrogens (primary N) is 2. The van der Waals surface area contributed by atoms with Gasteiger partial charge in [0.1, 0.15) is 5.82 Å². The van der Waals surface area contributed by atoms with Crippen LogP contribution < -0.4 is 16.7 Å². The van der Waals surface area contributed by atoms with Gasteiger partial charge in [-0.25, -0.2) is 4.79 Å². The van der Waals surface area contributed by atoms with Crippen molar-refractivity contribution in [2.75, 3.05) is 0 Å². The molecule has 8 heteroatoms. The van der Waals surface area contributed by atoms with E-state index in [4.69, 9.17) is 15.5 Å². The Morgan fingerprint density at radius 2 is 1.73 bits per heavy atom. The number of hydrogen-bond donors (Lipinski definition) is 3. The molecule has 0 spiro atoms. The molecule has 0 fully saturated rings. The molecule has 0 atom stereocenters. The van der Waals surface area contributed by atoms with Crippen molar-refractivity contribution in [2.45, 2.75) is 13.8 Å². The fraction of sp³-hybridized carbons (Fsp3) is 0.111. The zero-order valence-electron chi connectivity index (χ0n) is 14.4. The maximum atomic E-state index is 12.2. The van der Waals surface area contributed by atoms with Gasteiger partial charge in [-0.3, -0.25) is 9.78 Å². The normalized spacial score (nSPS) is 14.8. The molecule has 1 heterocycles. The number of oxime groups is 1. The van der Waals surface area contributed by atoms with Gasteiger partial charge in [0, 0.05) is 0 Å². The molecule has 0 amide bonds. The molecule has 0 radical (unpaired) electrons. The van der Waals surface area contributed by atoms with Crippen LogP contribution in [-0.4, -0.2) is 11.8 Å². The second kappa shape index (κ2) is 7.58. The molecular formula is C18H19N5O3. The van der Waals surface area contributed by atoms with Crippen molar-refractivity contribution >= 4 is 17.5 Å². The molecule has 1 aliphatic rings. The predicted molar refractivity (Wildman–Crippen MR) is 95.6 cm³/mol. The van der Waals surface area contributed by atoms with Gasteiger partial charge in [-0.1, -0.05) is 47.5 Å². The van der Waals surface area contributed by atoms with Crippen LogP contribution in [0.25, 0.3) is 5.32 Å². The number of benzene rings is 2. The summed E-state index contributed by atoms with van der Waals surface area (Å²) in [5.41, 5.74) is 13.1. The number of amidine groups is 1. The third-order valence-corrected chi connectivity index (χ3v) is 3.65. The maximum Gasteiger partial charge on any atom is 0.397 e. The molecule has 2 aromatic rings. The molecule has 0 aliphatic carbocycles. The van der Waals surface area contributed by atoms with Gasteiger partial charge >= 0.3 is 5.97 Å². The highest BCUT2D eigenvalue weighted by Crippen LogP contribution is 2.23. The lowest BCUT2D eigenvalue weighted by Gasteiger charge is -2.23. The molecular weight excluding hydrogens is 334 g/mol. The zero-order chi connectivity index (χ0) is 18.5. The summed E-state index contributed by atoms with van der Waals surface area (Å²) >= 11 is 0. The second-order valence-corrected chi connectivity index (χ2v) is 5.77. The average Bonchev–Trinajstić information content (AvgIpc) is 3.06. The SMILES string of the molecule is Cc1ccc([N-]C([NH2+]OC(=O)c2ccc(C)cc2)=C2NON=C2N)cc1. The Hall–Kier alpha value is -3.52. The lowest BCUT2D eigenvalue weighted by atomic mass is 10.2. The predicted octanol–water partition coefficient (Wildman–Crippen LogP) is 1.62. The molecule has 0 saturated carbocycles. The van der Waals surface area contributed by atoms with Crippen molar-refractivity contribution in [3.8, 4) is 0 Å². The number of hydrogen-bond acceptors (Lipinski definition) is 6. The van der Waals surface area contributed by atoms with Crippen LogP contribution in [0.1, 0.15) is 21.5 Å². The van der Waals surface area contributed by atoms with E-state index in [0.717, 1.165) is 11.1 Å². The average molecular weight is 353 g/mol. The fourth-order valence-corrected chi connectivity index (χ4v) is 2.17. The van der Waals surface area contributed by atoms with Crippen molar-refractivity contribution in [2.24, 2.45) is 10.9 Å². The van der Waals surface area contributed by atoms with Crippen LogP contribution in [0, 0.1) is 13.8 Å². The minimum atomic E-state index is -0.503. The Labute approximate surface area is 150 Å². The van der Waals surface area contributed by atoms with E-state index in [-0.39, 0.29) is 11.7 Å². The summed E-state index contributed by atoms with van der Waals surface area (Å²) < 4.78 is 0. The van der Waals surface area contributed by atoms with Crippen molar-refractivity contribution in [1.29, 1.82) is 0 Å². The molecule has 8 nitrogen and oxygen atoms in total. The number of aryl methyl sites for hydroxylation is 2. The van der Waals surface area contributed by atoms with E-state index in [1.807, 2.05) is 50.2 Å². The van der Waals surface area contributed by atoms with Gasteiger partial charge < -0.3 is 11.1 Å². The molecule has 0 aromatic heterocycles. The summed E-state index contributed by atoms with van der Waals surface area (Å²) in [5.74, 6) is -0.108. The summed E-state index contributed by atoms with van der Waals surface area (Å²) in [6.07, 6.45) is 0. The Morgan fingerprint density at radius 1 is 1.12 bits per heavy atom. The Bertz CT molecular complexity index is 857. The lowest BCUT2D eigenvalue weighted by Crippen LogP contribution is -2.82. The van der Waals surface area contributed by atoms with Gasteiger partial charge in [0.2, 0.25) is 0 Å². The van der Waals surface area contributed by atoms with Crippen LogP contribution >= 0.6 is 0 Å². The first-order valence-electron chi connectivity index (χ1n) is 7.92. The number of hydroxylamine groups is 2. The van der Waals surface area contributed by atoms with Gasteiger partial charge in [-0.15, -0.1) is 11.2 Å². The number of nitrogens with zero attached hydrogens (tertiary/aromatic N) is 2. The minimum Gasteiger partial charge on any atom is -0.605 e. The quantitative estimate of drug-likeness (QED) is 0.706. The van der Waals surface area contributed by atoms with Crippen LogP contribution in [0.4, 0.5) is 5.69 Å². The van der Waals surface area contributed by atoms with Crippen molar-refractivity contribution < 1.29 is 20.1 Å². The highest BCUT2D eigenvalue weighted by atomic mass is 16.8. The van der Waals surface area contributed by atoms with Crippen molar-refractivity contribution in [3.05, 3.63) is 82.1 Å². The Kier molecular flexibility index (Phi) is 5.04. The molecule has 0 bridgehead atoms. The molecule has 1 aliphatic heterocycles. The zero-order valence-corrected chi connectivity index (χ0v) is 14.4. The van der Waals surface area contributed by atoms with E-state index in [9.17, 15) is 4.79 Å². The summed E-state index contributed by atoms with van der Waals surface area (Å²) in [6, 6.07) is 14.6. The molecule has 2 aromatic carbocycles. The fourth-order valence-electron chi connectivity index (χ4n) is 2.17. The molecule has 134 valence electrons. The third-order valence-electron chi connectivity index (χ3n) is 3.65. The topological polar surface area (TPSA) is 117 Å². The molecule has 0 unspecified atom stereocenters. The second-order valence-electron chi connectivity index (χ2n) is 5.77. The Morgan fingerprint density at radius 3 is 2.31 bits per heavy atom. The number of carbonyl (C=O) groups is 1. The highest BCUT2D eigenvalue weighted by molar-refractivity contribution is 5.97. The van der Waals surface area contributed by atoms with Crippen LogP contribution in [0.3, 0.4) is 0 Å². The van der Waals surface area contributed by atoms with Crippen LogP contribution in [0.5, 0.6) is 0 Å². The third kappa shape index (κ3) is 4.11. The number of nitrogens with one attached hydrogen (secondary N) is 1. The van der Waals surface area contributed by atoms with Crippen molar-refractivity contribution in [1.82, 2.24) is 5.48 Å². The smallest absolute Gasteiger partial charge is 0.397 e. The first-order valence-corrected chi connectivity index (χ1v) is 7.92. The van der Waals surface area contributed by atoms with Gasteiger partial charge in [0.15, 0.2) is 11.5 Å². The number of carbonyl (C=O) groups excluding carboxylic acids is 1. The van der Waals surface area contributed by atoms with E-state index in [1.165, 1.54) is 5.48 Å². The first kappa shape index (κ1) is 17.3. The summed E-state index contributed by atoms with van der Waals surface area (Å²) in [4.78, 5) is 22.2. The first-order chi connectivity index (χ1) is 12.5. The summed E-state index contributed by atoms with van der Waals surface area (Å²) in [5, 5.41) is 8.05. The van der Waals surface area contributed by atoms with Gasteiger partial charge in [0.25, 0.3) is 0 Å². The summed E-state index contributed by atoms with van der Waals surface area (Å²) in [7, 11) is 0. The molecule has 26 heavy (non-hydrogen) atoms. The largest absolute Gasteiger partial charge is 0.605 e.